The minimum atomic E-state index is -0.855. The molecule has 0 radical (unpaired) electrons. The summed E-state index contributed by atoms with van der Waals surface area (Å²) in [5.74, 6) is -0.618. The van der Waals surface area contributed by atoms with Crippen molar-refractivity contribution >= 4 is 29.0 Å². The highest BCUT2D eigenvalue weighted by atomic mass is 16.8. The molecule has 14 heteroatoms. The van der Waals surface area contributed by atoms with Gasteiger partial charge < -0.3 is 39.0 Å². The van der Waals surface area contributed by atoms with E-state index in [9.17, 15) is 9.59 Å². The van der Waals surface area contributed by atoms with Crippen molar-refractivity contribution in [2.45, 2.75) is 116 Å². The summed E-state index contributed by atoms with van der Waals surface area (Å²) in [5, 5.41) is 5.66. The number of hydrogen-bond acceptors (Lipinski definition) is 10. The van der Waals surface area contributed by atoms with Gasteiger partial charge in [0.05, 0.1) is 29.8 Å². The predicted molar refractivity (Wildman–Crippen MR) is 230 cm³/mol. The van der Waals surface area contributed by atoms with Gasteiger partial charge in [-0.2, -0.15) is 5.10 Å². The van der Waals surface area contributed by atoms with E-state index in [4.69, 9.17) is 34.8 Å². The summed E-state index contributed by atoms with van der Waals surface area (Å²) in [6.45, 7) is 17.2. The summed E-state index contributed by atoms with van der Waals surface area (Å²) < 4.78 is 29.1. The van der Waals surface area contributed by atoms with Crippen LogP contribution in [0.4, 0.5) is 15.4 Å². The molecular weight excluding hydrogens is 761 g/mol. The number of ether oxygens (including phenoxy) is 4. The lowest BCUT2D eigenvalue weighted by Gasteiger charge is -2.32. The van der Waals surface area contributed by atoms with E-state index >= 15 is 0 Å². The van der Waals surface area contributed by atoms with Gasteiger partial charge in [0, 0.05) is 50.1 Å². The van der Waals surface area contributed by atoms with Gasteiger partial charge >= 0.3 is 12.2 Å². The average molecular weight is 821 g/mol. The second-order valence-electron chi connectivity index (χ2n) is 18.4. The third-order valence-electron chi connectivity index (χ3n) is 10.8. The smallest absolute Gasteiger partial charge is 0.410 e. The zero-order valence-corrected chi connectivity index (χ0v) is 36.2. The Morgan fingerprint density at radius 2 is 1.45 bits per heavy atom. The lowest BCUT2D eigenvalue weighted by atomic mass is 10.0. The zero-order valence-electron chi connectivity index (χ0n) is 36.2. The van der Waals surface area contributed by atoms with Crippen molar-refractivity contribution in [1.82, 2.24) is 34.1 Å². The van der Waals surface area contributed by atoms with Crippen LogP contribution in [0.15, 0.2) is 85.5 Å². The van der Waals surface area contributed by atoms with Gasteiger partial charge in [-0.3, -0.25) is 4.68 Å². The molecule has 2 aliphatic rings. The van der Waals surface area contributed by atoms with Crippen molar-refractivity contribution in [3.8, 4) is 11.3 Å². The molecule has 0 unspecified atom stereocenters. The average Bonchev–Trinajstić information content (AvgIpc) is 3.94. The molecule has 320 valence electrons. The van der Waals surface area contributed by atoms with Gasteiger partial charge in [-0.15, -0.1) is 0 Å². The minimum absolute atomic E-state index is 0.125. The maximum absolute atomic E-state index is 14.0. The number of nitrogens with zero attached hydrogens (tertiary/aromatic N) is 7. The molecule has 1 aliphatic heterocycles. The molecule has 14 nitrogen and oxygen atoms in total. The number of aromatic nitrogens is 5. The summed E-state index contributed by atoms with van der Waals surface area (Å²) >= 11 is 0. The first-order valence-corrected chi connectivity index (χ1v) is 21.0. The number of carbonyl (C=O) groups excluding carboxylic acids is 2. The number of rotatable bonds is 13. The molecule has 2 aromatic carbocycles. The highest BCUT2D eigenvalue weighted by molar-refractivity contribution is 6.00. The van der Waals surface area contributed by atoms with Crippen LogP contribution >= 0.6 is 0 Å². The molecule has 0 bridgehead atoms. The van der Waals surface area contributed by atoms with Gasteiger partial charge in [0.15, 0.2) is 5.79 Å². The van der Waals surface area contributed by atoms with Gasteiger partial charge in [-0.25, -0.2) is 19.6 Å². The molecule has 1 saturated heterocycles. The molecule has 1 aliphatic carbocycles. The quantitative estimate of drug-likeness (QED) is 0.123. The van der Waals surface area contributed by atoms with Crippen molar-refractivity contribution < 1.29 is 28.5 Å². The van der Waals surface area contributed by atoms with E-state index in [1.165, 1.54) is 6.33 Å². The molecule has 7 rings (SSSR count). The Labute approximate surface area is 352 Å². The molecule has 2 amide bonds. The zero-order chi connectivity index (χ0) is 42.8. The Bertz CT molecular complexity index is 2240. The topological polar surface area (TPSA) is 152 Å². The maximum atomic E-state index is 14.0. The number of nitrogen functional groups attached to an aromatic ring is 1. The van der Waals surface area contributed by atoms with E-state index in [1.54, 1.807) is 9.80 Å². The third-order valence-corrected chi connectivity index (χ3v) is 10.8. The maximum Gasteiger partial charge on any atom is 0.410 e. The van der Waals surface area contributed by atoms with Crippen LogP contribution in [0.2, 0.25) is 0 Å². The van der Waals surface area contributed by atoms with Crippen LogP contribution in [-0.2, 0) is 31.9 Å². The van der Waals surface area contributed by atoms with Gasteiger partial charge in [-0.05, 0) is 91.8 Å². The summed E-state index contributed by atoms with van der Waals surface area (Å²) in [6.07, 6.45) is 5.84. The van der Waals surface area contributed by atoms with E-state index in [-0.39, 0.29) is 30.3 Å². The Balaban J connectivity index is 1.14. The highest BCUT2D eigenvalue weighted by Crippen LogP contribution is 2.49. The van der Waals surface area contributed by atoms with Gasteiger partial charge in [0.2, 0.25) is 0 Å². The predicted octanol–water partition coefficient (Wildman–Crippen LogP) is 8.11. The van der Waals surface area contributed by atoms with Crippen LogP contribution in [-0.4, -0.2) is 102 Å². The number of anilines is 1. The number of nitrogens with two attached hydrogens (primary N) is 1. The Hall–Kier alpha value is -5.47. The van der Waals surface area contributed by atoms with E-state index in [1.807, 2.05) is 109 Å². The fourth-order valence-electron chi connectivity index (χ4n) is 8.28. The van der Waals surface area contributed by atoms with Crippen LogP contribution in [0.1, 0.15) is 85.4 Å². The van der Waals surface area contributed by atoms with Gasteiger partial charge in [-0.1, -0.05) is 60.7 Å². The standard InChI is InChI=1S/C46H60N8O6/c1-44(2,3)59-42(55)51(24-20-31-16-11-9-12-17-31)22-15-23-52(43(56)60-45(4,5)6)28-33-26-36(39-38(33)57-46(7,8)58-39)54-29-34(37-40(47)48-30-49-41(37)54)35-21-25-53(50-35)27-32-18-13-10-14-19-32/h9-14,16-19,21,25,29-30,33,36,38-39H,15,20,22-24,26-28H2,1-8H3,(H2,47,48,49)/t33-,36-,38-,39+/m1/s1. The minimum Gasteiger partial charge on any atom is -0.444 e. The summed E-state index contributed by atoms with van der Waals surface area (Å²) in [4.78, 5) is 40.0. The number of carbonyl (C=O) groups is 2. The first-order chi connectivity index (χ1) is 28.4. The molecule has 2 fully saturated rings. The van der Waals surface area contributed by atoms with E-state index in [2.05, 4.69) is 40.0 Å². The number of benzene rings is 2. The number of fused-ring (bicyclic) bond motifs is 2. The molecule has 60 heavy (non-hydrogen) atoms. The molecule has 3 aromatic heterocycles. The fraction of sp³-hybridized carbons (Fsp3) is 0.500. The largest absolute Gasteiger partial charge is 0.444 e. The van der Waals surface area contributed by atoms with Crippen LogP contribution < -0.4 is 5.73 Å². The van der Waals surface area contributed by atoms with Crippen LogP contribution in [0, 0.1) is 5.92 Å². The Kier molecular flexibility index (Phi) is 12.3. The van der Waals surface area contributed by atoms with Gasteiger partial charge in [0.25, 0.3) is 0 Å². The van der Waals surface area contributed by atoms with E-state index in [0.717, 1.165) is 27.8 Å². The first kappa shape index (κ1) is 42.6. The lowest BCUT2D eigenvalue weighted by molar-refractivity contribution is -0.160. The number of amides is 2. The fourth-order valence-corrected chi connectivity index (χ4v) is 8.28. The van der Waals surface area contributed by atoms with Crippen LogP contribution in [0.25, 0.3) is 22.3 Å². The summed E-state index contributed by atoms with van der Waals surface area (Å²) in [6, 6.07) is 22.0. The van der Waals surface area contributed by atoms with Crippen molar-refractivity contribution in [3.05, 3.63) is 96.6 Å². The molecule has 4 heterocycles. The van der Waals surface area contributed by atoms with Crippen molar-refractivity contribution in [3.63, 3.8) is 0 Å². The lowest BCUT2D eigenvalue weighted by Crippen LogP contribution is -2.44. The third kappa shape index (κ3) is 10.3. The summed E-state index contributed by atoms with van der Waals surface area (Å²) in [5.41, 5.74) is 9.75. The van der Waals surface area contributed by atoms with Crippen molar-refractivity contribution in [2.75, 3.05) is 31.9 Å². The summed E-state index contributed by atoms with van der Waals surface area (Å²) in [7, 11) is 0. The molecule has 5 aromatic rings. The molecule has 1 saturated carbocycles. The van der Waals surface area contributed by atoms with Crippen LogP contribution in [0.3, 0.4) is 0 Å². The molecule has 4 atom stereocenters. The molecule has 0 spiro atoms. The molecular formula is C46H60N8O6. The second-order valence-corrected chi connectivity index (χ2v) is 18.4. The highest BCUT2D eigenvalue weighted by Gasteiger charge is 2.55. The van der Waals surface area contributed by atoms with Crippen LogP contribution in [0.5, 0.6) is 0 Å². The SMILES string of the molecule is CC(C)(C)OC(=O)N(CCCN(C[C@H]1C[C@@H](n2cc(-c3ccn(Cc4ccccc4)n3)c3c(N)ncnc32)[C@@H]2OC(C)(C)O[C@H]12)C(=O)OC(C)(C)C)CCc1ccccc1. The van der Waals surface area contributed by atoms with E-state index < -0.39 is 23.1 Å². The normalized spacial score (nSPS) is 19.9. The monoisotopic (exact) mass is 820 g/mol. The Morgan fingerprint density at radius 1 is 0.833 bits per heavy atom. The van der Waals surface area contributed by atoms with Crippen molar-refractivity contribution in [2.24, 2.45) is 5.92 Å². The number of hydrogen-bond donors (Lipinski definition) is 1. The second kappa shape index (κ2) is 17.3. The van der Waals surface area contributed by atoms with Gasteiger partial charge in [0.1, 0.15) is 35.1 Å². The molecule has 2 N–H and O–H groups in total. The Morgan fingerprint density at radius 3 is 2.12 bits per heavy atom. The van der Waals surface area contributed by atoms with Crippen molar-refractivity contribution in [1.29, 1.82) is 0 Å². The van der Waals surface area contributed by atoms with E-state index in [0.29, 0.717) is 63.5 Å². The first-order valence-electron chi connectivity index (χ1n) is 21.0.